The number of likely N-dealkylation sites (tertiary alicyclic amines) is 1. The maximum absolute atomic E-state index is 14.7. The van der Waals surface area contributed by atoms with E-state index in [2.05, 4.69) is 20.9 Å². The van der Waals surface area contributed by atoms with Crippen LogP contribution in [-0.2, 0) is 6.42 Å². The number of aromatic nitrogens is 2. The van der Waals surface area contributed by atoms with Crippen molar-refractivity contribution in [1.82, 2.24) is 14.9 Å². The molecule has 1 fully saturated rings. The molecule has 0 N–H and O–H groups in total. The van der Waals surface area contributed by atoms with Crippen LogP contribution in [0.5, 0.6) is 17.5 Å². The first-order valence-corrected chi connectivity index (χ1v) is 10.2. The first-order chi connectivity index (χ1) is 14.0. The van der Waals surface area contributed by atoms with Crippen molar-refractivity contribution >= 4 is 0 Å². The maximum atomic E-state index is 14.7. The fourth-order valence-electron chi connectivity index (χ4n) is 4.31. The average molecular weight is 401 g/mol. The van der Waals surface area contributed by atoms with Crippen molar-refractivity contribution in [1.29, 1.82) is 0 Å². The summed E-state index contributed by atoms with van der Waals surface area (Å²) in [7, 11) is 1.64. The summed E-state index contributed by atoms with van der Waals surface area (Å²) in [6.07, 6.45) is 3.20. The SMILES string of the molecule is COc1cc(C[C@H]2CCCN(C(C)c3nc4c(cc3F)OCCO4)C2)cc(C)n1. The number of pyridine rings is 2. The Hall–Kier alpha value is -2.41. The van der Waals surface area contributed by atoms with Gasteiger partial charge in [-0.25, -0.2) is 14.4 Å². The van der Waals surface area contributed by atoms with Crippen LogP contribution >= 0.6 is 0 Å². The zero-order chi connectivity index (χ0) is 20.4. The molecule has 0 spiro atoms. The van der Waals surface area contributed by atoms with Crippen LogP contribution in [0, 0.1) is 18.7 Å². The average Bonchev–Trinajstić information content (AvgIpc) is 2.72. The highest BCUT2D eigenvalue weighted by Gasteiger charge is 2.29. The van der Waals surface area contributed by atoms with Gasteiger partial charge in [-0.1, -0.05) is 0 Å². The second kappa shape index (κ2) is 8.53. The monoisotopic (exact) mass is 401 g/mol. The number of fused-ring (bicyclic) bond motifs is 1. The first-order valence-electron chi connectivity index (χ1n) is 10.2. The Bertz CT molecular complexity index is 877. The van der Waals surface area contributed by atoms with Crippen molar-refractivity contribution in [3.8, 4) is 17.5 Å². The van der Waals surface area contributed by atoms with E-state index in [0.29, 0.717) is 42.3 Å². The molecule has 2 aromatic heterocycles. The molecule has 2 aliphatic rings. The highest BCUT2D eigenvalue weighted by Crippen LogP contribution is 2.34. The summed E-state index contributed by atoms with van der Waals surface area (Å²) in [6.45, 7) is 6.71. The summed E-state index contributed by atoms with van der Waals surface area (Å²) < 4.78 is 31.0. The van der Waals surface area contributed by atoms with Crippen molar-refractivity contribution in [2.45, 2.75) is 39.2 Å². The molecule has 0 aliphatic carbocycles. The molecule has 0 amide bonds. The topological polar surface area (TPSA) is 56.7 Å². The summed E-state index contributed by atoms with van der Waals surface area (Å²) in [5, 5.41) is 0. The fourth-order valence-corrected chi connectivity index (χ4v) is 4.31. The molecular weight excluding hydrogens is 373 g/mol. The minimum Gasteiger partial charge on any atom is -0.484 e. The van der Waals surface area contributed by atoms with Crippen LogP contribution in [0.2, 0.25) is 0 Å². The number of halogens is 1. The van der Waals surface area contributed by atoms with Gasteiger partial charge in [0.2, 0.25) is 5.88 Å². The van der Waals surface area contributed by atoms with Crippen LogP contribution < -0.4 is 14.2 Å². The summed E-state index contributed by atoms with van der Waals surface area (Å²) >= 11 is 0. The van der Waals surface area contributed by atoms with Gasteiger partial charge in [0.05, 0.1) is 18.8 Å². The Balaban J connectivity index is 1.47. The summed E-state index contributed by atoms with van der Waals surface area (Å²) in [4.78, 5) is 11.1. The smallest absolute Gasteiger partial charge is 0.257 e. The van der Waals surface area contributed by atoms with Gasteiger partial charge in [0.1, 0.15) is 19.0 Å². The predicted octanol–water partition coefficient (Wildman–Crippen LogP) is 3.72. The van der Waals surface area contributed by atoms with E-state index in [9.17, 15) is 4.39 Å². The molecule has 7 heteroatoms. The van der Waals surface area contributed by atoms with E-state index in [-0.39, 0.29) is 11.9 Å². The lowest BCUT2D eigenvalue weighted by Crippen LogP contribution is -2.38. The zero-order valence-corrected chi connectivity index (χ0v) is 17.3. The number of hydrogen-bond acceptors (Lipinski definition) is 6. The van der Waals surface area contributed by atoms with Gasteiger partial charge in [-0.2, -0.15) is 0 Å². The molecule has 156 valence electrons. The molecule has 0 bridgehead atoms. The molecule has 1 saturated heterocycles. The van der Waals surface area contributed by atoms with Crippen LogP contribution in [0.3, 0.4) is 0 Å². The Labute approximate surface area is 171 Å². The van der Waals surface area contributed by atoms with Gasteiger partial charge in [-0.3, -0.25) is 4.90 Å². The molecule has 29 heavy (non-hydrogen) atoms. The molecule has 0 radical (unpaired) electrons. The number of piperidine rings is 1. The van der Waals surface area contributed by atoms with Crippen molar-refractivity contribution in [2.24, 2.45) is 5.92 Å². The molecule has 2 aliphatic heterocycles. The molecule has 1 unspecified atom stereocenters. The Morgan fingerprint density at radius 1 is 1.24 bits per heavy atom. The Kier molecular flexibility index (Phi) is 5.85. The van der Waals surface area contributed by atoms with Gasteiger partial charge in [0.25, 0.3) is 5.88 Å². The molecule has 4 rings (SSSR count). The van der Waals surface area contributed by atoms with E-state index in [1.54, 1.807) is 7.11 Å². The van der Waals surface area contributed by atoms with E-state index in [1.807, 2.05) is 19.9 Å². The molecule has 0 saturated carbocycles. The van der Waals surface area contributed by atoms with Gasteiger partial charge in [-0.05, 0) is 57.2 Å². The van der Waals surface area contributed by atoms with Crippen LogP contribution in [0.4, 0.5) is 4.39 Å². The minimum absolute atomic E-state index is 0.123. The third kappa shape index (κ3) is 4.45. The third-order valence-corrected chi connectivity index (χ3v) is 5.73. The predicted molar refractivity (Wildman–Crippen MR) is 107 cm³/mol. The fraction of sp³-hybridized carbons (Fsp3) is 0.545. The van der Waals surface area contributed by atoms with Crippen molar-refractivity contribution < 1.29 is 18.6 Å². The van der Waals surface area contributed by atoms with Crippen LogP contribution in [-0.4, -0.2) is 48.3 Å². The molecule has 6 nitrogen and oxygen atoms in total. The van der Waals surface area contributed by atoms with Gasteiger partial charge < -0.3 is 14.2 Å². The second-order valence-corrected chi connectivity index (χ2v) is 7.90. The number of ether oxygens (including phenoxy) is 3. The minimum atomic E-state index is -0.335. The number of rotatable bonds is 5. The quantitative estimate of drug-likeness (QED) is 0.761. The van der Waals surface area contributed by atoms with Gasteiger partial charge in [-0.15, -0.1) is 0 Å². The van der Waals surface area contributed by atoms with Crippen molar-refractivity contribution in [2.75, 3.05) is 33.4 Å². The molecule has 2 aromatic rings. The Morgan fingerprint density at radius 2 is 2.07 bits per heavy atom. The van der Waals surface area contributed by atoms with Gasteiger partial charge in [0, 0.05) is 24.4 Å². The lowest BCUT2D eigenvalue weighted by Gasteiger charge is -2.37. The summed E-state index contributed by atoms with van der Waals surface area (Å²) in [6, 6.07) is 5.41. The maximum Gasteiger partial charge on any atom is 0.257 e. The van der Waals surface area contributed by atoms with E-state index < -0.39 is 0 Å². The van der Waals surface area contributed by atoms with Crippen molar-refractivity contribution in [3.63, 3.8) is 0 Å². The molecule has 0 aromatic carbocycles. The van der Waals surface area contributed by atoms with E-state index >= 15 is 0 Å². The number of aryl methyl sites for hydroxylation is 1. The highest BCUT2D eigenvalue weighted by atomic mass is 19.1. The van der Waals surface area contributed by atoms with Crippen LogP contribution in [0.1, 0.15) is 42.8 Å². The number of nitrogens with zero attached hydrogens (tertiary/aromatic N) is 3. The van der Waals surface area contributed by atoms with E-state index in [1.165, 1.54) is 11.6 Å². The normalized spacial score (nSPS) is 20.3. The molecular formula is C22H28FN3O3. The largest absolute Gasteiger partial charge is 0.484 e. The van der Waals surface area contributed by atoms with Crippen LogP contribution in [0.25, 0.3) is 0 Å². The third-order valence-electron chi connectivity index (χ3n) is 5.73. The lowest BCUT2D eigenvalue weighted by atomic mass is 9.90. The lowest BCUT2D eigenvalue weighted by molar-refractivity contribution is 0.123. The first kappa shape index (κ1) is 19.9. The zero-order valence-electron chi connectivity index (χ0n) is 17.3. The van der Waals surface area contributed by atoms with Gasteiger partial charge in [0.15, 0.2) is 5.75 Å². The molecule has 2 atom stereocenters. The van der Waals surface area contributed by atoms with E-state index in [0.717, 1.165) is 38.0 Å². The van der Waals surface area contributed by atoms with E-state index in [4.69, 9.17) is 14.2 Å². The standard InChI is InChI=1S/C22H28FN3O3/c1-14-9-17(11-20(24-14)27-3)10-16-5-4-6-26(13-16)15(2)21-18(23)12-19-22(25-21)29-8-7-28-19/h9,11-12,15-16H,4-8,10,13H2,1-3H3/t15?,16-/m1/s1. The van der Waals surface area contributed by atoms with Gasteiger partial charge >= 0.3 is 0 Å². The number of methoxy groups -OCH3 is 1. The Morgan fingerprint density at radius 3 is 2.90 bits per heavy atom. The highest BCUT2D eigenvalue weighted by molar-refractivity contribution is 5.37. The number of hydrogen-bond donors (Lipinski definition) is 0. The molecule has 4 heterocycles. The second-order valence-electron chi connectivity index (χ2n) is 7.90. The summed E-state index contributed by atoms with van der Waals surface area (Å²) in [5.74, 6) is 1.61. The van der Waals surface area contributed by atoms with Crippen LogP contribution in [0.15, 0.2) is 18.2 Å². The van der Waals surface area contributed by atoms with Crippen molar-refractivity contribution in [3.05, 3.63) is 41.0 Å². The summed E-state index contributed by atoms with van der Waals surface area (Å²) in [5.41, 5.74) is 2.62.